The summed E-state index contributed by atoms with van der Waals surface area (Å²) < 4.78 is 5.89. The Hall–Kier alpha value is -3.58. The van der Waals surface area contributed by atoms with Gasteiger partial charge in [0.2, 0.25) is 0 Å². The molecule has 0 saturated carbocycles. The van der Waals surface area contributed by atoms with Crippen LogP contribution < -0.4 is 4.74 Å². The lowest BCUT2D eigenvalue weighted by Crippen LogP contribution is -2.35. The van der Waals surface area contributed by atoms with Crippen molar-refractivity contribution < 1.29 is 35.4 Å². The molecular formula is C21H18O7. The SMILES string of the molecule is Oc1ccc([C@H]2c3ccc(O)cc3O[C@H](c3ccc(O)c(O)c3)[C@H]2O)c(O)c1. The van der Waals surface area contributed by atoms with Gasteiger partial charge in [0.1, 0.15) is 29.1 Å². The van der Waals surface area contributed by atoms with E-state index in [9.17, 15) is 30.6 Å². The minimum atomic E-state index is -1.17. The standard InChI is InChI=1S/C21H18O7/c22-11-2-4-13(16(25)8-11)19-14-5-3-12(23)9-18(14)28-21(20(19)27)10-1-6-15(24)17(26)7-10/h1-9,19-27H/t19-,20-,21+/m0/s1. The van der Waals surface area contributed by atoms with E-state index < -0.39 is 18.1 Å². The number of aliphatic hydroxyl groups is 1. The van der Waals surface area contributed by atoms with Gasteiger partial charge in [-0.1, -0.05) is 18.2 Å². The summed E-state index contributed by atoms with van der Waals surface area (Å²) in [5.41, 5.74) is 1.32. The van der Waals surface area contributed by atoms with E-state index in [4.69, 9.17) is 4.74 Å². The molecule has 0 unspecified atom stereocenters. The maximum absolute atomic E-state index is 11.1. The number of phenolic OH excluding ortho intramolecular Hbond substituents is 5. The third kappa shape index (κ3) is 2.91. The Morgan fingerprint density at radius 3 is 2.00 bits per heavy atom. The van der Waals surface area contributed by atoms with Crippen molar-refractivity contribution in [3.05, 3.63) is 71.3 Å². The Morgan fingerprint density at radius 1 is 0.643 bits per heavy atom. The van der Waals surface area contributed by atoms with Crippen LogP contribution in [0.2, 0.25) is 0 Å². The minimum absolute atomic E-state index is 0.0314. The van der Waals surface area contributed by atoms with Crippen LogP contribution >= 0.6 is 0 Å². The number of ether oxygens (including phenoxy) is 1. The first-order chi connectivity index (χ1) is 13.3. The molecular weight excluding hydrogens is 364 g/mol. The molecule has 7 heteroatoms. The van der Waals surface area contributed by atoms with Gasteiger partial charge in [0, 0.05) is 29.2 Å². The second kappa shape index (κ2) is 6.54. The lowest BCUT2D eigenvalue weighted by Gasteiger charge is -2.37. The van der Waals surface area contributed by atoms with E-state index in [2.05, 4.69) is 0 Å². The van der Waals surface area contributed by atoms with Crippen LogP contribution in [0.4, 0.5) is 0 Å². The number of hydrogen-bond acceptors (Lipinski definition) is 7. The van der Waals surface area contributed by atoms with E-state index in [1.54, 1.807) is 6.07 Å². The maximum atomic E-state index is 11.1. The predicted octanol–water partition coefficient (Wildman–Crippen LogP) is 2.84. The normalized spacial score (nSPS) is 21.0. The topological polar surface area (TPSA) is 131 Å². The zero-order chi connectivity index (χ0) is 20.0. The van der Waals surface area contributed by atoms with Gasteiger partial charge in [0.05, 0.1) is 0 Å². The molecule has 1 aliphatic rings. The summed E-state index contributed by atoms with van der Waals surface area (Å²) in [6.07, 6.45) is -2.12. The second-order valence-corrected chi connectivity index (χ2v) is 6.72. The van der Waals surface area contributed by atoms with Crippen molar-refractivity contribution in [3.8, 4) is 34.5 Å². The highest BCUT2D eigenvalue weighted by Gasteiger charge is 2.40. The Labute approximate surface area is 160 Å². The molecule has 0 spiro atoms. The van der Waals surface area contributed by atoms with Gasteiger partial charge in [0.15, 0.2) is 17.6 Å². The fraction of sp³-hybridized carbons (Fsp3) is 0.143. The van der Waals surface area contributed by atoms with Gasteiger partial charge in [-0.3, -0.25) is 0 Å². The molecule has 0 fully saturated rings. The molecule has 1 heterocycles. The molecule has 0 bridgehead atoms. The monoisotopic (exact) mass is 382 g/mol. The number of benzene rings is 3. The third-order valence-corrected chi connectivity index (χ3v) is 4.91. The molecule has 3 aromatic rings. The Kier molecular flexibility index (Phi) is 4.16. The fourth-order valence-electron chi connectivity index (χ4n) is 3.58. The highest BCUT2D eigenvalue weighted by Crippen LogP contribution is 2.49. The Balaban J connectivity index is 1.87. The molecule has 28 heavy (non-hydrogen) atoms. The van der Waals surface area contributed by atoms with Crippen LogP contribution in [0.5, 0.6) is 34.5 Å². The summed E-state index contributed by atoms with van der Waals surface area (Å²) in [6, 6.07) is 12.6. The van der Waals surface area contributed by atoms with Crippen LogP contribution in [0.1, 0.15) is 28.7 Å². The molecule has 1 aliphatic heterocycles. The molecule has 6 N–H and O–H groups in total. The lowest BCUT2D eigenvalue weighted by atomic mass is 9.80. The predicted molar refractivity (Wildman–Crippen MR) is 98.9 cm³/mol. The lowest BCUT2D eigenvalue weighted by molar-refractivity contribution is 0.00778. The van der Waals surface area contributed by atoms with Gasteiger partial charge in [-0.25, -0.2) is 0 Å². The number of hydrogen-bond donors (Lipinski definition) is 6. The molecule has 0 aliphatic carbocycles. The number of aliphatic hydroxyl groups excluding tert-OH is 1. The fourth-order valence-corrected chi connectivity index (χ4v) is 3.58. The van der Waals surface area contributed by atoms with E-state index in [1.807, 2.05) is 0 Å². The van der Waals surface area contributed by atoms with Crippen molar-refractivity contribution >= 4 is 0 Å². The Bertz CT molecular complexity index is 1050. The molecule has 0 saturated heterocycles. The van der Waals surface area contributed by atoms with Crippen molar-refractivity contribution in [1.29, 1.82) is 0 Å². The molecule has 0 radical (unpaired) electrons. The van der Waals surface area contributed by atoms with E-state index >= 15 is 0 Å². The summed E-state index contributed by atoms with van der Waals surface area (Å²) in [5, 5.41) is 60.2. The third-order valence-electron chi connectivity index (χ3n) is 4.91. The van der Waals surface area contributed by atoms with E-state index in [0.717, 1.165) is 0 Å². The van der Waals surface area contributed by atoms with Gasteiger partial charge in [-0.05, 0) is 29.8 Å². The van der Waals surface area contributed by atoms with E-state index in [-0.39, 0.29) is 28.7 Å². The number of fused-ring (bicyclic) bond motifs is 1. The van der Waals surface area contributed by atoms with Gasteiger partial charge in [-0.2, -0.15) is 0 Å². The second-order valence-electron chi connectivity index (χ2n) is 6.72. The first-order valence-corrected chi connectivity index (χ1v) is 8.56. The van der Waals surface area contributed by atoms with Crippen LogP contribution in [-0.4, -0.2) is 36.7 Å². The van der Waals surface area contributed by atoms with Crippen LogP contribution in [0.3, 0.4) is 0 Å². The van der Waals surface area contributed by atoms with Gasteiger partial charge < -0.3 is 35.4 Å². The van der Waals surface area contributed by atoms with Gasteiger partial charge in [-0.15, -0.1) is 0 Å². The minimum Gasteiger partial charge on any atom is -0.508 e. The highest BCUT2D eigenvalue weighted by molar-refractivity contribution is 5.54. The highest BCUT2D eigenvalue weighted by atomic mass is 16.5. The van der Waals surface area contributed by atoms with Crippen LogP contribution in [0, 0.1) is 0 Å². The van der Waals surface area contributed by atoms with Crippen molar-refractivity contribution in [2.45, 2.75) is 18.1 Å². The van der Waals surface area contributed by atoms with Crippen LogP contribution in [-0.2, 0) is 0 Å². The van der Waals surface area contributed by atoms with Crippen LogP contribution in [0.25, 0.3) is 0 Å². The van der Waals surface area contributed by atoms with Crippen molar-refractivity contribution in [1.82, 2.24) is 0 Å². The molecule has 4 rings (SSSR count). The largest absolute Gasteiger partial charge is 0.508 e. The average molecular weight is 382 g/mol. The average Bonchev–Trinajstić information content (AvgIpc) is 2.65. The van der Waals surface area contributed by atoms with E-state index in [1.165, 1.54) is 48.5 Å². The molecule has 3 atom stereocenters. The van der Waals surface area contributed by atoms with Crippen molar-refractivity contribution in [3.63, 3.8) is 0 Å². The zero-order valence-corrected chi connectivity index (χ0v) is 14.5. The maximum Gasteiger partial charge on any atom is 0.157 e. The van der Waals surface area contributed by atoms with Crippen molar-refractivity contribution in [2.24, 2.45) is 0 Å². The number of rotatable bonds is 2. The van der Waals surface area contributed by atoms with Crippen LogP contribution in [0.15, 0.2) is 54.6 Å². The number of aromatic hydroxyl groups is 5. The first kappa shape index (κ1) is 17.8. The van der Waals surface area contributed by atoms with Gasteiger partial charge in [0.25, 0.3) is 0 Å². The summed E-state index contributed by atoms with van der Waals surface area (Å²) >= 11 is 0. The zero-order valence-electron chi connectivity index (χ0n) is 14.5. The van der Waals surface area contributed by atoms with Gasteiger partial charge >= 0.3 is 0 Å². The van der Waals surface area contributed by atoms with Crippen molar-refractivity contribution in [2.75, 3.05) is 0 Å². The summed E-state index contributed by atoms with van der Waals surface area (Å²) in [6.45, 7) is 0. The smallest absolute Gasteiger partial charge is 0.157 e. The Morgan fingerprint density at radius 2 is 1.32 bits per heavy atom. The number of phenols is 5. The summed E-state index contributed by atoms with van der Waals surface area (Å²) in [5.74, 6) is -1.44. The molecule has 144 valence electrons. The molecule has 7 nitrogen and oxygen atoms in total. The molecule has 0 amide bonds. The molecule has 0 aromatic heterocycles. The quantitative estimate of drug-likeness (QED) is 0.376. The summed E-state index contributed by atoms with van der Waals surface area (Å²) in [4.78, 5) is 0. The summed E-state index contributed by atoms with van der Waals surface area (Å²) in [7, 11) is 0. The van der Waals surface area contributed by atoms with E-state index in [0.29, 0.717) is 22.4 Å². The molecule has 3 aromatic carbocycles. The first-order valence-electron chi connectivity index (χ1n) is 8.56.